The molecule has 0 bridgehead atoms. The van der Waals surface area contributed by atoms with Crippen molar-refractivity contribution in [3.8, 4) is 5.75 Å². The molecule has 3 aromatic carbocycles. The molecular weight excluding hydrogens is 448 g/mol. The Morgan fingerprint density at radius 1 is 0.889 bits per heavy atom. The number of hydrogen-bond acceptors (Lipinski definition) is 4. The van der Waals surface area contributed by atoms with E-state index in [2.05, 4.69) is 42.3 Å². The molecule has 0 aliphatic carbocycles. The Bertz CT molecular complexity index is 1350. The molecule has 36 heavy (non-hydrogen) atoms. The van der Waals surface area contributed by atoms with Gasteiger partial charge in [-0.15, -0.1) is 0 Å². The predicted molar refractivity (Wildman–Crippen MR) is 141 cm³/mol. The number of carbonyl (C=O) groups excluding carboxylic acids is 2. The van der Waals surface area contributed by atoms with Gasteiger partial charge in [0.25, 0.3) is 0 Å². The van der Waals surface area contributed by atoms with Crippen molar-refractivity contribution in [2.75, 3.05) is 6.61 Å². The van der Waals surface area contributed by atoms with Gasteiger partial charge in [-0.05, 0) is 67.3 Å². The molecule has 5 heteroatoms. The van der Waals surface area contributed by atoms with Crippen LogP contribution in [0.3, 0.4) is 0 Å². The van der Waals surface area contributed by atoms with Crippen LogP contribution in [0.1, 0.15) is 49.9 Å². The molecule has 0 aliphatic rings. The summed E-state index contributed by atoms with van der Waals surface area (Å²) >= 11 is 0. The molecule has 0 saturated carbocycles. The van der Waals surface area contributed by atoms with Gasteiger partial charge >= 0.3 is 0 Å². The Morgan fingerprint density at radius 3 is 2.33 bits per heavy atom. The van der Waals surface area contributed by atoms with Crippen molar-refractivity contribution in [2.45, 2.75) is 33.2 Å². The van der Waals surface area contributed by atoms with E-state index in [1.807, 2.05) is 42.5 Å². The smallest absolute Gasteiger partial charge is 0.225 e. The van der Waals surface area contributed by atoms with Gasteiger partial charge in [-0.1, -0.05) is 66.2 Å². The number of hydrogen-bond donors (Lipinski definition) is 1. The molecule has 0 aliphatic heterocycles. The predicted octanol–water partition coefficient (Wildman–Crippen LogP) is 5.72. The van der Waals surface area contributed by atoms with Crippen LogP contribution in [-0.2, 0) is 11.2 Å². The van der Waals surface area contributed by atoms with Gasteiger partial charge in [0, 0.05) is 17.5 Å². The lowest BCUT2D eigenvalue weighted by Crippen LogP contribution is -2.31. The number of aromatic nitrogens is 1. The van der Waals surface area contributed by atoms with Crippen molar-refractivity contribution >= 4 is 11.7 Å². The van der Waals surface area contributed by atoms with Gasteiger partial charge in [-0.2, -0.15) is 0 Å². The highest BCUT2D eigenvalue weighted by Crippen LogP contribution is 2.26. The molecule has 0 spiro atoms. The lowest BCUT2D eigenvalue weighted by molar-refractivity contribution is -0.120. The second-order valence-corrected chi connectivity index (χ2v) is 8.94. The number of nitrogens with one attached hydrogen (secondary N) is 1. The zero-order valence-electron chi connectivity index (χ0n) is 20.8. The molecule has 1 atom stereocenters. The first kappa shape index (κ1) is 24.9. The van der Waals surface area contributed by atoms with Crippen LogP contribution in [0.2, 0.25) is 0 Å². The van der Waals surface area contributed by atoms with Crippen LogP contribution in [0.5, 0.6) is 5.75 Å². The number of amides is 1. The molecule has 1 aromatic heterocycles. The number of benzene rings is 3. The Kier molecular flexibility index (Phi) is 7.91. The summed E-state index contributed by atoms with van der Waals surface area (Å²) in [5.74, 6) is 0.383. The lowest BCUT2D eigenvalue weighted by Gasteiger charge is -2.22. The summed E-state index contributed by atoms with van der Waals surface area (Å²) in [6.07, 6.45) is 1.90. The van der Waals surface area contributed by atoms with Gasteiger partial charge in [0.2, 0.25) is 11.7 Å². The SMILES string of the molecule is Cc1ccc(C(NC(=O)Cc2ccc(OCC(=O)c3cccnc3C)cc2)c2ccccc2)c(C)c1. The first-order chi connectivity index (χ1) is 17.4. The van der Waals surface area contributed by atoms with E-state index in [-0.39, 0.29) is 30.8 Å². The summed E-state index contributed by atoms with van der Waals surface area (Å²) in [5, 5.41) is 3.22. The van der Waals surface area contributed by atoms with Crippen molar-refractivity contribution in [3.63, 3.8) is 0 Å². The minimum Gasteiger partial charge on any atom is -0.485 e. The molecule has 182 valence electrons. The Morgan fingerprint density at radius 2 is 1.64 bits per heavy atom. The van der Waals surface area contributed by atoms with Crippen LogP contribution in [-0.4, -0.2) is 23.3 Å². The number of carbonyl (C=O) groups is 2. The number of aryl methyl sites for hydroxylation is 3. The first-order valence-corrected chi connectivity index (χ1v) is 12.0. The van der Waals surface area contributed by atoms with Crippen LogP contribution >= 0.6 is 0 Å². The fraction of sp³-hybridized carbons (Fsp3) is 0.194. The highest BCUT2D eigenvalue weighted by Gasteiger charge is 2.19. The van der Waals surface area contributed by atoms with Gasteiger partial charge in [0.15, 0.2) is 6.61 Å². The average Bonchev–Trinajstić information content (AvgIpc) is 2.88. The van der Waals surface area contributed by atoms with E-state index in [1.165, 1.54) is 5.56 Å². The van der Waals surface area contributed by atoms with Crippen molar-refractivity contribution in [2.24, 2.45) is 0 Å². The summed E-state index contributed by atoms with van der Waals surface area (Å²) in [7, 11) is 0. The highest BCUT2D eigenvalue weighted by molar-refractivity contribution is 5.98. The monoisotopic (exact) mass is 478 g/mol. The molecule has 1 heterocycles. The number of ketones is 1. The van der Waals surface area contributed by atoms with Crippen LogP contribution in [0.4, 0.5) is 0 Å². The minimum atomic E-state index is -0.233. The van der Waals surface area contributed by atoms with E-state index in [0.717, 1.165) is 22.3 Å². The fourth-order valence-corrected chi connectivity index (χ4v) is 4.24. The molecule has 1 amide bonds. The van der Waals surface area contributed by atoms with E-state index in [4.69, 9.17) is 4.74 Å². The third-order valence-corrected chi connectivity index (χ3v) is 6.14. The minimum absolute atomic E-state index is 0.0684. The van der Waals surface area contributed by atoms with Crippen molar-refractivity contribution in [1.29, 1.82) is 0 Å². The average molecular weight is 479 g/mol. The van der Waals surface area contributed by atoms with E-state index in [9.17, 15) is 9.59 Å². The normalized spacial score (nSPS) is 11.5. The summed E-state index contributed by atoms with van der Waals surface area (Å²) in [6, 6.07) is 26.8. The Labute approximate surface area is 212 Å². The van der Waals surface area contributed by atoms with Gasteiger partial charge in [0.1, 0.15) is 5.75 Å². The molecule has 0 saturated heterocycles. The molecule has 1 unspecified atom stereocenters. The standard InChI is InChI=1S/C31H30N2O3/c1-21-11-16-27(22(2)18-21)31(25-8-5-4-6-9-25)33-30(35)19-24-12-14-26(15-13-24)36-20-29(34)28-10-7-17-32-23(28)3/h4-18,31H,19-20H2,1-3H3,(H,33,35). The van der Waals surface area contributed by atoms with Crippen LogP contribution < -0.4 is 10.1 Å². The van der Waals surface area contributed by atoms with Gasteiger partial charge in [-0.25, -0.2) is 0 Å². The molecular formula is C31H30N2O3. The maximum atomic E-state index is 13.0. The van der Waals surface area contributed by atoms with Crippen LogP contribution in [0, 0.1) is 20.8 Å². The summed E-state index contributed by atoms with van der Waals surface area (Å²) in [4.78, 5) is 29.6. The topological polar surface area (TPSA) is 68.3 Å². The third kappa shape index (κ3) is 6.25. The highest BCUT2D eigenvalue weighted by atomic mass is 16.5. The molecule has 0 radical (unpaired) electrons. The van der Waals surface area contributed by atoms with E-state index < -0.39 is 0 Å². The van der Waals surface area contributed by atoms with Gasteiger partial charge in [-0.3, -0.25) is 14.6 Å². The van der Waals surface area contributed by atoms with Crippen LogP contribution in [0.25, 0.3) is 0 Å². The lowest BCUT2D eigenvalue weighted by atomic mass is 9.93. The van der Waals surface area contributed by atoms with E-state index in [1.54, 1.807) is 37.4 Å². The second-order valence-electron chi connectivity index (χ2n) is 8.94. The largest absolute Gasteiger partial charge is 0.485 e. The van der Waals surface area contributed by atoms with Crippen molar-refractivity contribution < 1.29 is 14.3 Å². The molecule has 1 N–H and O–H groups in total. The number of Topliss-reactive ketones (excluding diaryl/α,β-unsaturated/α-hetero) is 1. The van der Waals surface area contributed by atoms with Crippen LogP contribution in [0.15, 0.2) is 91.1 Å². The van der Waals surface area contributed by atoms with Crippen molar-refractivity contribution in [1.82, 2.24) is 10.3 Å². The number of rotatable bonds is 9. The van der Waals surface area contributed by atoms with E-state index >= 15 is 0 Å². The zero-order chi connectivity index (χ0) is 25.5. The fourth-order valence-electron chi connectivity index (χ4n) is 4.24. The summed E-state index contributed by atoms with van der Waals surface area (Å²) in [5.41, 5.74) is 6.55. The Balaban J connectivity index is 1.40. The molecule has 4 rings (SSSR count). The molecule has 0 fully saturated rings. The molecule has 5 nitrogen and oxygen atoms in total. The van der Waals surface area contributed by atoms with Gasteiger partial charge in [0.05, 0.1) is 12.5 Å². The second kappa shape index (κ2) is 11.5. The maximum Gasteiger partial charge on any atom is 0.225 e. The first-order valence-electron chi connectivity index (χ1n) is 12.0. The number of pyridine rings is 1. The van der Waals surface area contributed by atoms with E-state index in [0.29, 0.717) is 17.0 Å². The zero-order valence-corrected chi connectivity index (χ0v) is 20.8. The van der Waals surface area contributed by atoms with Crippen molar-refractivity contribution in [3.05, 3.63) is 130 Å². The number of ether oxygens (including phenoxy) is 1. The third-order valence-electron chi connectivity index (χ3n) is 6.14. The summed E-state index contributed by atoms with van der Waals surface area (Å²) < 4.78 is 5.66. The molecule has 4 aromatic rings. The number of nitrogens with zero attached hydrogens (tertiary/aromatic N) is 1. The maximum absolute atomic E-state index is 13.0. The van der Waals surface area contributed by atoms with Gasteiger partial charge < -0.3 is 10.1 Å². The summed E-state index contributed by atoms with van der Waals surface area (Å²) in [6.45, 7) is 5.87. The Hall–Kier alpha value is -4.25. The quantitative estimate of drug-likeness (QED) is 0.313.